The maximum Gasteiger partial charge on any atom is 0.265 e. The maximum absolute atomic E-state index is 13.2. The van der Waals surface area contributed by atoms with Crippen LogP contribution in [0.25, 0.3) is 0 Å². The van der Waals surface area contributed by atoms with E-state index in [9.17, 15) is 18.4 Å². The number of amides is 2. The van der Waals surface area contributed by atoms with Crippen molar-refractivity contribution in [1.82, 2.24) is 0 Å². The minimum atomic E-state index is -1.09. The lowest BCUT2D eigenvalue weighted by Crippen LogP contribution is -2.38. The van der Waals surface area contributed by atoms with Crippen LogP contribution in [-0.2, 0) is 4.79 Å². The summed E-state index contributed by atoms with van der Waals surface area (Å²) in [6, 6.07) is 7.77. The van der Waals surface area contributed by atoms with Crippen molar-refractivity contribution in [3.8, 4) is 5.75 Å². The van der Waals surface area contributed by atoms with Gasteiger partial charge in [0.1, 0.15) is 5.75 Å². The fourth-order valence-corrected chi connectivity index (χ4v) is 2.47. The lowest BCUT2D eigenvalue weighted by molar-refractivity contribution is -0.121. The van der Waals surface area contributed by atoms with Gasteiger partial charge in [0, 0.05) is 17.8 Å². The molecule has 2 aromatic rings. The highest BCUT2D eigenvalue weighted by atomic mass is 19.2. The number of hydrogen-bond acceptors (Lipinski definition) is 3. The van der Waals surface area contributed by atoms with Gasteiger partial charge in [-0.15, -0.1) is 0 Å². The number of hydrogen-bond donors (Lipinski definition) is 1. The average Bonchev–Trinajstić information content (AvgIpc) is 2.57. The van der Waals surface area contributed by atoms with Gasteiger partial charge in [-0.1, -0.05) is 0 Å². The van der Waals surface area contributed by atoms with Gasteiger partial charge >= 0.3 is 0 Å². The minimum Gasteiger partial charge on any atom is -0.482 e. The highest BCUT2D eigenvalue weighted by Crippen LogP contribution is 2.34. The largest absolute Gasteiger partial charge is 0.482 e. The number of benzene rings is 2. The van der Waals surface area contributed by atoms with Crippen LogP contribution in [0.3, 0.4) is 0 Å². The SMILES string of the molecule is CCN1C(=O)COc2ccc(NC(=O)c3ccc(F)c(F)c3)cc21. The smallest absolute Gasteiger partial charge is 0.265 e. The summed E-state index contributed by atoms with van der Waals surface area (Å²) in [4.78, 5) is 25.5. The molecule has 24 heavy (non-hydrogen) atoms. The molecule has 2 amide bonds. The summed E-state index contributed by atoms with van der Waals surface area (Å²) in [7, 11) is 0. The van der Waals surface area contributed by atoms with Crippen molar-refractivity contribution in [2.75, 3.05) is 23.4 Å². The molecule has 0 unspecified atom stereocenters. The molecule has 0 radical (unpaired) electrons. The van der Waals surface area contributed by atoms with Crippen molar-refractivity contribution >= 4 is 23.2 Å². The Bertz CT molecular complexity index is 823. The van der Waals surface area contributed by atoms with E-state index < -0.39 is 17.5 Å². The minimum absolute atomic E-state index is 0.00806. The second-order valence-electron chi connectivity index (χ2n) is 5.19. The molecule has 0 fully saturated rings. The topological polar surface area (TPSA) is 58.6 Å². The second-order valence-corrected chi connectivity index (χ2v) is 5.19. The first-order valence-electron chi connectivity index (χ1n) is 7.33. The number of halogens is 2. The van der Waals surface area contributed by atoms with Crippen molar-refractivity contribution in [3.05, 3.63) is 53.6 Å². The monoisotopic (exact) mass is 332 g/mol. The first-order chi connectivity index (χ1) is 11.5. The molecule has 1 aliphatic heterocycles. The average molecular weight is 332 g/mol. The molecule has 0 spiro atoms. The van der Waals surface area contributed by atoms with Gasteiger partial charge in [-0.05, 0) is 43.3 Å². The van der Waals surface area contributed by atoms with Gasteiger partial charge in [-0.2, -0.15) is 0 Å². The fraction of sp³-hybridized carbons (Fsp3) is 0.176. The van der Waals surface area contributed by atoms with E-state index in [1.165, 1.54) is 6.07 Å². The normalized spacial score (nSPS) is 13.3. The van der Waals surface area contributed by atoms with Crippen LogP contribution in [0.4, 0.5) is 20.2 Å². The Morgan fingerprint density at radius 1 is 1.21 bits per heavy atom. The number of rotatable bonds is 3. The molecular formula is C17H14F2N2O3. The summed E-state index contributed by atoms with van der Waals surface area (Å²) in [5, 5.41) is 2.59. The summed E-state index contributed by atoms with van der Waals surface area (Å²) < 4.78 is 31.5. The molecule has 0 saturated heterocycles. The van der Waals surface area contributed by atoms with E-state index in [0.717, 1.165) is 12.1 Å². The Hall–Kier alpha value is -2.96. The Labute approximate surface area is 136 Å². The number of carbonyl (C=O) groups is 2. The summed E-state index contributed by atoms with van der Waals surface area (Å²) in [5.41, 5.74) is 0.961. The molecule has 0 aliphatic carbocycles. The van der Waals surface area contributed by atoms with Crippen molar-refractivity contribution in [1.29, 1.82) is 0 Å². The van der Waals surface area contributed by atoms with Crippen molar-refractivity contribution < 1.29 is 23.1 Å². The molecule has 1 N–H and O–H groups in total. The Kier molecular flexibility index (Phi) is 4.16. The second kappa shape index (κ2) is 6.27. The zero-order chi connectivity index (χ0) is 17.3. The first kappa shape index (κ1) is 15.9. The quantitative estimate of drug-likeness (QED) is 0.940. The van der Waals surface area contributed by atoms with Crippen molar-refractivity contribution in [2.45, 2.75) is 6.92 Å². The van der Waals surface area contributed by atoms with E-state index in [2.05, 4.69) is 5.32 Å². The summed E-state index contributed by atoms with van der Waals surface area (Å²) >= 11 is 0. The van der Waals surface area contributed by atoms with Gasteiger partial charge in [-0.25, -0.2) is 8.78 Å². The van der Waals surface area contributed by atoms with Gasteiger partial charge in [0.05, 0.1) is 5.69 Å². The van der Waals surface area contributed by atoms with Gasteiger partial charge in [-0.3, -0.25) is 9.59 Å². The fourth-order valence-electron chi connectivity index (χ4n) is 2.47. The molecular weight excluding hydrogens is 318 g/mol. The first-order valence-corrected chi connectivity index (χ1v) is 7.33. The molecule has 0 bridgehead atoms. The number of nitrogens with zero attached hydrogens (tertiary/aromatic N) is 1. The number of carbonyl (C=O) groups excluding carboxylic acids is 2. The zero-order valence-electron chi connectivity index (χ0n) is 12.8. The summed E-state index contributed by atoms with van der Waals surface area (Å²) in [6.45, 7) is 2.27. The summed E-state index contributed by atoms with van der Waals surface area (Å²) in [6.07, 6.45) is 0. The van der Waals surface area contributed by atoms with Crippen LogP contribution in [0.5, 0.6) is 5.75 Å². The van der Waals surface area contributed by atoms with Crippen LogP contribution < -0.4 is 15.0 Å². The predicted molar refractivity (Wildman–Crippen MR) is 84.3 cm³/mol. The van der Waals surface area contributed by atoms with Crippen LogP contribution in [0.1, 0.15) is 17.3 Å². The van der Waals surface area contributed by atoms with Crippen LogP contribution in [0.2, 0.25) is 0 Å². The lowest BCUT2D eigenvalue weighted by atomic mass is 10.1. The Morgan fingerprint density at radius 3 is 2.71 bits per heavy atom. The molecule has 1 heterocycles. The Balaban J connectivity index is 1.85. The third-order valence-electron chi connectivity index (χ3n) is 3.66. The van der Waals surface area contributed by atoms with E-state index in [-0.39, 0.29) is 18.1 Å². The molecule has 7 heteroatoms. The van der Waals surface area contributed by atoms with E-state index in [0.29, 0.717) is 23.7 Å². The number of fused-ring (bicyclic) bond motifs is 1. The summed E-state index contributed by atoms with van der Waals surface area (Å²) in [5.74, 6) is -2.32. The highest BCUT2D eigenvalue weighted by Gasteiger charge is 2.24. The Morgan fingerprint density at radius 2 is 2.00 bits per heavy atom. The molecule has 2 aromatic carbocycles. The van der Waals surface area contributed by atoms with Crippen LogP contribution in [0.15, 0.2) is 36.4 Å². The third kappa shape index (κ3) is 2.92. The standard InChI is InChI=1S/C17H14F2N2O3/c1-2-21-14-8-11(4-6-15(14)24-9-16(21)22)20-17(23)10-3-5-12(18)13(19)7-10/h3-8H,2,9H2,1H3,(H,20,23). The molecule has 124 valence electrons. The number of nitrogens with one attached hydrogen (secondary N) is 1. The number of ether oxygens (including phenoxy) is 1. The molecule has 0 saturated carbocycles. The van der Waals surface area contributed by atoms with Crippen LogP contribution in [-0.4, -0.2) is 25.0 Å². The van der Waals surface area contributed by atoms with Gasteiger partial charge < -0.3 is 15.0 Å². The van der Waals surface area contributed by atoms with E-state index in [1.54, 1.807) is 23.1 Å². The predicted octanol–water partition coefficient (Wildman–Crippen LogP) is 2.96. The molecule has 1 aliphatic rings. The maximum atomic E-state index is 13.2. The van der Waals surface area contributed by atoms with Crippen LogP contribution >= 0.6 is 0 Å². The van der Waals surface area contributed by atoms with Crippen LogP contribution in [0, 0.1) is 11.6 Å². The van der Waals surface area contributed by atoms with Gasteiger partial charge in [0.25, 0.3) is 11.8 Å². The van der Waals surface area contributed by atoms with E-state index >= 15 is 0 Å². The third-order valence-corrected chi connectivity index (χ3v) is 3.66. The van der Waals surface area contributed by atoms with Crippen molar-refractivity contribution in [3.63, 3.8) is 0 Å². The number of anilines is 2. The van der Waals surface area contributed by atoms with Gasteiger partial charge in [0.2, 0.25) is 0 Å². The number of likely N-dealkylation sites (N-methyl/N-ethyl adjacent to an activating group) is 1. The van der Waals surface area contributed by atoms with Crippen molar-refractivity contribution in [2.24, 2.45) is 0 Å². The molecule has 0 aromatic heterocycles. The van der Waals surface area contributed by atoms with Gasteiger partial charge in [0.15, 0.2) is 18.2 Å². The van der Waals surface area contributed by atoms with E-state index in [1.807, 2.05) is 6.92 Å². The molecule has 0 atom stereocenters. The zero-order valence-corrected chi connectivity index (χ0v) is 12.8. The molecule has 5 nitrogen and oxygen atoms in total. The highest BCUT2D eigenvalue weighted by molar-refractivity contribution is 6.05. The molecule has 3 rings (SSSR count). The van der Waals surface area contributed by atoms with E-state index in [4.69, 9.17) is 4.74 Å². The lowest BCUT2D eigenvalue weighted by Gasteiger charge is -2.28.